The summed E-state index contributed by atoms with van der Waals surface area (Å²) >= 11 is 0. The maximum Gasteiger partial charge on any atom is 0.255 e. The topological polar surface area (TPSA) is 96.4 Å². The summed E-state index contributed by atoms with van der Waals surface area (Å²) in [6, 6.07) is 15.4. The third-order valence-electron chi connectivity index (χ3n) is 6.34. The Hall–Kier alpha value is -3.81. The average Bonchev–Trinajstić information content (AvgIpc) is 3.10. The van der Waals surface area contributed by atoms with Crippen LogP contribution in [0.4, 0.5) is 0 Å². The first-order chi connectivity index (χ1) is 16.0. The molecule has 8 heteroatoms. The minimum Gasteiger partial charge on any atom is -0.487 e. The van der Waals surface area contributed by atoms with Crippen molar-refractivity contribution in [3.8, 4) is 5.75 Å². The maximum atomic E-state index is 12.9. The molecule has 0 bridgehead atoms. The molecule has 1 fully saturated rings. The van der Waals surface area contributed by atoms with Gasteiger partial charge < -0.3 is 9.64 Å². The Kier molecular flexibility index (Phi) is 5.50. The molecule has 0 aliphatic carbocycles. The molecule has 3 heterocycles. The number of fused-ring (bicyclic) bond motifs is 1. The number of ether oxygens (including phenoxy) is 1. The van der Waals surface area contributed by atoms with E-state index in [-0.39, 0.29) is 18.2 Å². The van der Waals surface area contributed by atoms with Crippen LogP contribution in [0, 0.1) is 0 Å². The van der Waals surface area contributed by atoms with E-state index in [9.17, 15) is 14.4 Å². The molecule has 3 amide bonds. The summed E-state index contributed by atoms with van der Waals surface area (Å²) in [5.41, 5.74) is 3.57. The lowest BCUT2D eigenvalue weighted by Crippen LogP contribution is -2.52. The van der Waals surface area contributed by atoms with Crippen LogP contribution in [0.5, 0.6) is 5.75 Å². The minimum absolute atomic E-state index is 0.202. The van der Waals surface area contributed by atoms with E-state index in [4.69, 9.17) is 4.74 Å². The zero-order chi connectivity index (χ0) is 22.9. The van der Waals surface area contributed by atoms with Gasteiger partial charge in [0.2, 0.25) is 11.8 Å². The lowest BCUT2D eigenvalue weighted by atomic mass is 10.0. The van der Waals surface area contributed by atoms with Gasteiger partial charge in [-0.2, -0.15) is 0 Å². The van der Waals surface area contributed by atoms with Gasteiger partial charge in [0.1, 0.15) is 18.4 Å². The van der Waals surface area contributed by atoms with Gasteiger partial charge in [0.15, 0.2) is 0 Å². The Morgan fingerprint density at radius 2 is 1.88 bits per heavy atom. The summed E-state index contributed by atoms with van der Waals surface area (Å²) in [4.78, 5) is 38.2. The molecule has 2 atom stereocenters. The van der Waals surface area contributed by atoms with Crippen molar-refractivity contribution in [1.29, 1.82) is 0 Å². The fourth-order valence-electron chi connectivity index (χ4n) is 4.54. The fraction of sp³-hybridized carbons (Fsp3) is 0.320. The number of nitrogens with one attached hydrogen (secondary N) is 2. The van der Waals surface area contributed by atoms with E-state index in [1.54, 1.807) is 12.1 Å². The van der Waals surface area contributed by atoms with Crippen molar-refractivity contribution in [2.75, 3.05) is 0 Å². The number of aromatic amines is 1. The van der Waals surface area contributed by atoms with Crippen LogP contribution < -0.4 is 10.1 Å². The minimum atomic E-state index is -0.633. The third-order valence-corrected chi connectivity index (χ3v) is 6.34. The molecule has 0 radical (unpaired) electrons. The van der Waals surface area contributed by atoms with E-state index in [0.717, 1.165) is 17.7 Å². The fourth-order valence-corrected chi connectivity index (χ4v) is 4.54. The SMILES string of the molecule is C[C@@H](Cc1ccccc1)n1cc(COc2cccc3c2CN(C2CCC(=O)NC2=O)C3=O)[nH]1. The highest BCUT2D eigenvalue weighted by Gasteiger charge is 2.40. The van der Waals surface area contributed by atoms with Crippen LogP contribution in [-0.2, 0) is 29.2 Å². The summed E-state index contributed by atoms with van der Waals surface area (Å²) in [7, 11) is 0. The molecule has 170 valence electrons. The van der Waals surface area contributed by atoms with Gasteiger partial charge in [0, 0.05) is 23.7 Å². The summed E-state index contributed by atoms with van der Waals surface area (Å²) in [5, 5.41) is 5.65. The summed E-state index contributed by atoms with van der Waals surface area (Å²) in [5.74, 6) is -0.276. The number of carbonyl (C=O) groups is 3. The summed E-state index contributed by atoms with van der Waals surface area (Å²) in [6.45, 7) is 2.81. The molecule has 0 saturated carbocycles. The number of hydrogen-bond donors (Lipinski definition) is 2. The van der Waals surface area contributed by atoms with E-state index in [1.807, 2.05) is 30.5 Å². The van der Waals surface area contributed by atoms with E-state index in [2.05, 4.69) is 34.2 Å². The number of benzene rings is 2. The van der Waals surface area contributed by atoms with E-state index in [0.29, 0.717) is 36.9 Å². The van der Waals surface area contributed by atoms with Gasteiger partial charge in [-0.15, -0.1) is 0 Å². The van der Waals surface area contributed by atoms with Crippen LogP contribution in [0.1, 0.15) is 53.0 Å². The quantitative estimate of drug-likeness (QED) is 0.546. The van der Waals surface area contributed by atoms with Gasteiger partial charge in [-0.1, -0.05) is 36.4 Å². The second-order valence-electron chi connectivity index (χ2n) is 8.68. The monoisotopic (exact) mass is 446 g/mol. The molecule has 0 spiro atoms. The van der Waals surface area contributed by atoms with Crippen LogP contribution in [0.2, 0.25) is 0 Å². The summed E-state index contributed by atoms with van der Waals surface area (Å²) in [6.07, 6.45) is 3.55. The zero-order valence-electron chi connectivity index (χ0n) is 18.4. The van der Waals surface area contributed by atoms with Crippen LogP contribution in [0.15, 0.2) is 54.7 Å². The molecule has 2 aliphatic rings. The number of carbonyl (C=O) groups excluding carboxylic acids is 3. The molecule has 3 aromatic rings. The second kappa shape index (κ2) is 8.61. The number of piperidine rings is 1. The molecule has 5 rings (SSSR count). The highest BCUT2D eigenvalue weighted by atomic mass is 16.5. The highest BCUT2D eigenvalue weighted by molar-refractivity contribution is 6.05. The van der Waals surface area contributed by atoms with Gasteiger partial charge in [0.05, 0.1) is 18.3 Å². The largest absolute Gasteiger partial charge is 0.487 e. The molecular weight excluding hydrogens is 420 g/mol. The van der Waals surface area contributed by atoms with Crippen molar-refractivity contribution >= 4 is 17.7 Å². The van der Waals surface area contributed by atoms with Gasteiger partial charge in [0.25, 0.3) is 5.91 Å². The third kappa shape index (κ3) is 4.16. The molecule has 1 unspecified atom stereocenters. The maximum absolute atomic E-state index is 12.9. The molecular formula is C25H26N4O4. The van der Waals surface area contributed by atoms with Crippen molar-refractivity contribution in [3.63, 3.8) is 0 Å². The molecule has 2 N–H and O–H groups in total. The summed E-state index contributed by atoms with van der Waals surface area (Å²) < 4.78 is 8.10. The van der Waals surface area contributed by atoms with Crippen LogP contribution in [0.3, 0.4) is 0 Å². The van der Waals surface area contributed by atoms with Crippen LogP contribution in [0.25, 0.3) is 0 Å². The van der Waals surface area contributed by atoms with E-state index < -0.39 is 11.9 Å². The standard InChI is InChI=1S/C25H26N4O4/c1-16(12-17-6-3-2-4-7-17)29-13-18(27-29)15-33-22-9-5-8-19-20(22)14-28(25(19)32)21-10-11-23(30)26-24(21)31/h2-9,13,16,21,27H,10-12,14-15H2,1H3,(H,26,30,31)/t16-,21?/m0/s1. The number of amides is 3. The van der Waals surface area contributed by atoms with Gasteiger partial charge in [-0.05, 0) is 37.5 Å². The van der Waals surface area contributed by atoms with E-state index in [1.165, 1.54) is 10.5 Å². The number of aromatic nitrogens is 2. The zero-order valence-corrected chi connectivity index (χ0v) is 18.4. The number of imide groups is 1. The van der Waals surface area contributed by atoms with Crippen molar-refractivity contribution in [1.82, 2.24) is 20.0 Å². The van der Waals surface area contributed by atoms with Crippen molar-refractivity contribution in [2.45, 2.75) is 51.4 Å². The van der Waals surface area contributed by atoms with Crippen LogP contribution >= 0.6 is 0 Å². The smallest absolute Gasteiger partial charge is 0.255 e. The normalized spacial score (nSPS) is 18.9. The Morgan fingerprint density at radius 3 is 2.64 bits per heavy atom. The Balaban J connectivity index is 1.22. The molecule has 1 aromatic heterocycles. The Morgan fingerprint density at radius 1 is 1.09 bits per heavy atom. The van der Waals surface area contributed by atoms with Gasteiger partial charge >= 0.3 is 0 Å². The average molecular weight is 447 g/mol. The second-order valence-corrected chi connectivity index (χ2v) is 8.68. The van der Waals surface area contributed by atoms with Crippen LogP contribution in [-0.4, -0.2) is 38.4 Å². The number of H-pyrrole nitrogens is 1. The predicted octanol–water partition coefficient (Wildman–Crippen LogP) is 2.96. The molecule has 8 nitrogen and oxygen atoms in total. The van der Waals surface area contributed by atoms with Gasteiger partial charge in [-0.25, -0.2) is 0 Å². The van der Waals surface area contributed by atoms with E-state index >= 15 is 0 Å². The lowest BCUT2D eigenvalue weighted by molar-refractivity contribution is -0.136. The first-order valence-corrected chi connectivity index (χ1v) is 11.2. The molecule has 2 aliphatic heterocycles. The predicted molar refractivity (Wildman–Crippen MR) is 120 cm³/mol. The van der Waals surface area contributed by atoms with Gasteiger partial charge in [-0.3, -0.25) is 29.5 Å². The Labute approximate surface area is 191 Å². The first-order valence-electron chi connectivity index (χ1n) is 11.2. The molecule has 2 aromatic carbocycles. The first kappa shape index (κ1) is 21.1. The Bertz CT molecular complexity index is 1180. The number of nitrogens with zero attached hydrogens (tertiary/aromatic N) is 2. The number of rotatable bonds is 7. The number of hydrogen-bond acceptors (Lipinski definition) is 4. The molecule has 33 heavy (non-hydrogen) atoms. The van der Waals surface area contributed by atoms with Crippen molar-refractivity contribution in [3.05, 3.63) is 77.1 Å². The molecule has 1 saturated heterocycles. The van der Waals surface area contributed by atoms with Crippen molar-refractivity contribution in [2.24, 2.45) is 0 Å². The van der Waals surface area contributed by atoms with Crippen molar-refractivity contribution < 1.29 is 19.1 Å². The highest BCUT2D eigenvalue weighted by Crippen LogP contribution is 2.34. The lowest BCUT2D eigenvalue weighted by Gasteiger charge is -2.29.